The van der Waals surface area contributed by atoms with E-state index in [0.29, 0.717) is 0 Å². The van der Waals surface area contributed by atoms with Gasteiger partial charge in [0.25, 0.3) is 0 Å². The topological polar surface area (TPSA) is 63.2 Å². The van der Waals surface area contributed by atoms with Gasteiger partial charge in [0.05, 0.1) is 0 Å². The minimum Gasteiger partial charge on any atom is -0.652 e. The van der Waals surface area contributed by atoms with Gasteiger partial charge in [0.1, 0.15) is 0 Å². The monoisotopic (exact) mass is 496 g/mol. The van der Waals surface area contributed by atoms with Crippen molar-refractivity contribution < 1.29 is 153 Å². The first-order valence-corrected chi connectivity index (χ1v) is 4.27. The van der Waals surface area contributed by atoms with Gasteiger partial charge in [0.15, 0.2) is 0 Å². The molecule has 0 aliphatic carbocycles. The van der Waals surface area contributed by atoms with E-state index in [0.717, 1.165) is 5.33 Å². The Hall–Kier alpha value is 3.07. The molecule has 0 bridgehead atoms. The van der Waals surface area contributed by atoms with Crippen molar-refractivity contribution in [1.82, 2.24) is 0 Å². The van der Waals surface area contributed by atoms with E-state index < -0.39 is 6.16 Å². The maximum absolute atomic E-state index is 8.33. The van der Waals surface area contributed by atoms with Crippen molar-refractivity contribution in [2.75, 3.05) is 0 Å². The Labute approximate surface area is 209 Å². The van der Waals surface area contributed by atoms with Crippen molar-refractivity contribution in [1.29, 1.82) is 0 Å². The molecule has 0 aromatic heterocycles. The van der Waals surface area contributed by atoms with E-state index in [1.54, 1.807) is 0 Å². The van der Waals surface area contributed by atoms with Crippen LogP contribution in [0, 0.1) is 0 Å². The molecule has 1 rings (SSSR count). The Balaban J connectivity index is -0.000000180. The van der Waals surface area contributed by atoms with Crippen molar-refractivity contribution in [3.05, 3.63) is 35.9 Å². The van der Waals surface area contributed by atoms with Crippen molar-refractivity contribution in [2.24, 2.45) is 0 Å². The summed E-state index contributed by atoms with van der Waals surface area (Å²) in [6, 6.07) is 10.3. The van der Waals surface area contributed by atoms with E-state index in [-0.39, 0.29) is 138 Å². The minimum atomic E-state index is -2.33. The Bertz CT molecular complexity index is 227. The summed E-state index contributed by atoms with van der Waals surface area (Å²) >= 11 is 3.36. The summed E-state index contributed by atoms with van der Waals surface area (Å²) in [5.74, 6) is 0. The molecule has 6 heteroatoms. The van der Waals surface area contributed by atoms with Gasteiger partial charge in [0.2, 0.25) is 0 Å². The molecule has 0 saturated carbocycles. The molecule has 0 amide bonds. The number of halogens is 1. The van der Waals surface area contributed by atoms with E-state index in [1.807, 2.05) is 18.2 Å². The third-order valence-electron chi connectivity index (χ3n) is 0.997. The molecule has 0 atom stereocenters. The second kappa shape index (κ2) is 16.1. The maximum Gasteiger partial charge on any atom is 1.00 e. The van der Waals surface area contributed by atoms with Crippen LogP contribution in [0.1, 0.15) is 5.56 Å². The molecule has 0 N–H and O–H groups in total. The van der Waals surface area contributed by atoms with Crippen molar-refractivity contribution in [2.45, 2.75) is 5.33 Å². The van der Waals surface area contributed by atoms with E-state index in [4.69, 9.17) is 15.0 Å². The molecule has 0 saturated heterocycles. The first kappa shape index (κ1) is 22.3. The molecule has 0 aliphatic heterocycles. The van der Waals surface area contributed by atoms with E-state index in [1.165, 1.54) is 5.56 Å². The average Bonchev–Trinajstić information content (AvgIpc) is 2.05. The van der Waals surface area contributed by atoms with Gasteiger partial charge in [-0.1, -0.05) is 46.3 Å². The second-order valence-electron chi connectivity index (χ2n) is 1.87. The molecule has 1 aromatic carbocycles. The van der Waals surface area contributed by atoms with Gasteiger partial charge >= 0.3 is 138 Å². The number of rotatable bonds is 1. The normalized spacial score (nSPS) is 6.93. The smallest absolute Gasteiger partial charge is 0.652 e. The van der Waals surface area contributed by atoms with Crippen molar-refractivity contribution >= 4 is 22.1 Å². The molecular weight excluding hydrogens is 490 g/mol. The summed E-state index contributed by atoms with van der Waals surface area (Å²) in [6.45, 7) is 0. The van der Waals surface area contributed by atoms with Crippen LogP contribution in [0.15, 0.2) is 30.3 Å². The molecule has 14 heavy (non-hydrogen) atoms. The molecule has 0 unspecified atom stereocenters. The van der Waals surface area contributed by atoms with Gasteiger partial charge in [-0.15, -0.1) is 0 Å². The van der Waals surface area contributed by atoms with Crippen LogP contribution in [0.25, 0.3) is 0 Å². The molecule has 0 heterocycles. The molecular formula is C8H7BrCs2O3. The fraction of sp³-hybridized carbons (Fsp3) is 0.125. The van der Waals surface area contributed by atoms with Gasteiger partial charge < -0.3 is 15.0 Å². The van der Waals surface area contributed by atoms with Crippen LogP contribution in [0.2, 0.25) is 0 Å². The van der Waals surface area contributed by atoms with Gasteiger partial charge in [-0.25, -0.2) is 0 Å². The zero-order valence-electron chi connectivity index (χ0n) is 8.20. The molecule has 0 radical (unpaired) electrons. The number of hydrogen-bond acceptors (Lipinski definition) is 3. The van der Waals surface area contributed by atoms with Gasteiger partial charge in [0, 0.05) is 5.33 Å². The average molecular weight is 497 g/mol. The molecule has 3 nitrogen and oxygen atoms in total. The number of carboxylic acid groups (broad SMARTS) is 2. The van der Waals surface area contributed by atoms with Crippen LogP contribution < -0.4 is 148 Å². The molecule has 0 fully saturated rings. The Morgan fingerprint density at radius 3 is 1.71 bits per heavy atom. The van der Waals surface area contributed by atoms with E-state index in [2.05, 4.69) is 28.1 Å². The molecule has 66 valence electrons. The summed E-state index contributed by atoms with van der Waals surface area (Å²) in [5.41, 5.74) is 1.33. The fourth-order valence-electron chi connectivity index (χ4n) is 0.567. The number of carbonyl (C=O) groups is 1. The largest absolute Gasteiger partial charge is 1.00 e. The number of carbonyl (C=O) groups excluding carboxylic acids is 1. The summed E-state index contributed by atoms with van der Waals surface area (Å²) in [5, 5.41) is 17.6. The Morgan fingerprint density at radius 2 is 1.50 bits per heavy atom. The second-order valence-corrected chi connectivity index (χ2v) is 2.43. The van der Waals surface area contributed by atoms with Crippen LogP contribution in [-0.4, -0.2) is 6.16 Å². The molecule has 0 aliphatic rings. The van der Waals surface area contributed by atoms with Gasteiger partial charge in [-0.2, -0.15) is 0 Å². The molecule has 1 aromatic rings. The third-order valence-corrected chi connectivity index (χ3v) is 1.64. The van der Waals surface area contributed by atoms with Crippen LogP contribution in [0.5, 0.6) is 0 Å². The maximum atomic E-state index is 8.33. The molecule has 0 spiro atoms. The first-order valence-electron chi connectivity index (χ1n) is 3.14. The summed E-state index contributed by atoms with van der Waals surface area (Å²) < 4.78 is 0. The van der Waals surface area contributed by atoms with Crippen LogP contribution in [-0.2, 0) is 5.33 Å². The SMILES string of the molecule is BrCc1ccccc1.O=C([O-])[O-].[Cs+].[Cs+]. The van der Waals surface area contributed by atoms with Crippen LogP contribution >= 0.6 is 15.9 Å². The Kier molecular flexibility index (Phi) is 25.6. The minimum absolute atomic E-state index is 0. The van der Waals surface area contributed by atoms with Gasteiger partial charge in [-0.3, -0.25) is 0 Å². The standard InChI is InChI=1S/C7H7Br.CH2O3.2Cs/c8-6-7-4-2-1-3-5-7;2-1(3)4;;/h1-5H,6H2;(H2,2,3,4);;/q;;2*+1/p-2. The van der Waals surface area contributed by atoms with E-state index >= 15 is 0 Å². The van der Waals surface area contributed by atoms with Crippen molar-refractivity contribution in [3.8, 4) is 0 Å². The summed E-state index contributed by atoms with van der Waals surface area (Å²) in [7, 11) is 0. The van der Waals surface area contributed by atoms with Gasteiger partial charge in [-0.05, 0) is 11.7 Å². The quantitative estimate of drug-likeness (QED) is 0.364. The fourth-order valence-corrected chi connectivity index (χ4v) is 0.941. The third kappa shape index (κ3) is 17.5. The number of hydrogen-bond donors (Lipinski definition) is 0. The van der Waals surface area contributed by atoms with E-state index in [9.17, 15) is 0 Å². The Morgan fingerprint density at radius 1 is 1.14 bits per heavy atom. The zero-order valence-corrected chi connectivity index (χ0v) is 22.3. The number of alkyl halides is 1. The van der Waals surface area contributed by atoms with Crippen LogP contribution in [0.3, 0.4) is 0 Å². The zero-order chi connectivity index (χ0) is 9.40. The first-order chi connectivity index (χ1) is 5.66. The summed E-state index contributed by atoms with van der Waals surface area (Å²) in [6.07, 6.45) is -2.33. The van der Waals surface area contributed by atoms with Crippen LogP contribution in [0.4, 0.5) is 4.79 Å². The predicted molar refractivity (Wildman–Crippen MR) is 44.5 cm³/mol. The van der Waals surface area contributed by atoms with Crippen molar-refractivity contribution in [3.63, 3.8) is 0 Å². The summed E-state index contributed by atoms with van der Waals surface area (Å²) in [4.78, 5) is 8.33. The number of benzene rings is 1. The predicted octanol–water partition coefficient (Wildman–Crippen LogP) is -5.86.